The molecule has 0 amide bonds. The van der Waals surface area contributed by atoms with Crippen LogP contribution in [-0.2, 0) is 0 Å². The van der Waals surface area contributed by atoms with Crippen molar-refractivity contribution in [3.05, 3.63) is 0 Å². The molecular formula is C9H24N2O3. The lowest BCUT2D eigenvalue weighted by Crippen LogP contribution is -2.05. The number of hydrogen-bond acceptors (Lipinski definition) is 3. The van der Waals surface area contributed by atoms with Gasteiger partial charge in [0.05, 0.1) is 0 Å². The SMILES string of the molecule is CC(C)CN.CC(C)CN.O=C(O)O. The van der Waals surface area contributed by atoms with Gasteiger partial charge in [-0.15, -0.1) is 0 Å². The predicted octanol–water partition coefficient (Wildman–Crippen LogP) is 1.42. The van der Waals surface area contributed by atoms with E-state index >= 15 is 0 Å². The van der Waals surface area contributed by atoms with Gasteiger partial charge in [0.15, 0.2) is 0 Å². The summed E-state index contributed by atoms with van der Waals surface area (Å²) >= 11 is 0. The Kier molecular flexibility index (Phi) is 19.8. The molecule has 0 rings (SSSR count). The molecule has 0 spiro atoms. The first-order valence-electron chi connectivity index (χ1n) is 4.59. The molecule has 6 N–H and O–H groups in total. The van der Waals surface area contributed by atoms with E-state index in [1.165, 1.54) is 0 Å². The molecule has 0 bridgehead atoms. The molecular weight excluding hydrogens is 184 g/mol. The van der Waals surface area contributed by atoms with Crippen molar-refractivity contribution in [2.75, 3.05) is 13.1 Å². The van der Waals surface area contributed by atoms with Crippen molar-refractivity contribution < 1.29 is 15.0 Å². The van der Waals surface area contributed by atoms with Gasteiger partial charge < -0.3 is 21.7 Å². The molecule has 0 aliphatic carbocycles. The van der Waals surface area contributed by atoms with E-state index in [4.69, 9.17) is 26.5 Å². The second kappa shape index (κ2) is 14.7. The zero-order valence-electron chi connectivity index (χ0n) is 9.53. The molecule has 5 heteroatoms. The average Bonchev–Trinajstić information content (AvgIpc) is 2.04. The van der Waals surface area contributed by atoms with Gasteiger partial charge in [0.25, 0.3) is 0 Å². The summed E-state index contributed by atoms with van der Waals surface area (Å²) < 4.78 is 0. The van der Waals surface area contributed by atoms with E-state index in [0.717, 1.165) is 13.1 Å². The van der Waals surface area contributed by atoms with Crippen molar-refractivity contribution >= 4 is 6.16 Å². The van der Waals surface area contributed by atoms with Crippen molar-refractivity contribution in [3.8, 4) is 0 Å². The molecule has 0 aliphatic heterocycles. The number of hydrogen-bond donors (Lipinski definition) is 4. The molecule has 0 aromatic carbocycles. The van der Waals surface area contributed by atoms with Crippen LogP contribution in [0.4, 0.5) is 4.79 Å². The molecule has 0 radical (unpaired) electrons. The summed E-state index contributed by atoms with van der Waals surface area (Å²) in [6.45, 7) is 10.0. The third-order valence-electron chi connectivity index (χ3n) is 0.943. The Morgan fingerprint density at radius 3 is 1.07 bits per heavy atom. The standard InChI is InChI=1S/2C4H11N.CH2O3/c2*1-4(2)3-5;2-1(3)4/h2*4H,3,5H2,1-2H3;(H2,2,3,4). The lowest BCUT2D eigenvalue weighted by Gasteiger charge is -1.91. The molecule has 0 aromatic rings. The van der Waals surface area contributed by atoms with E-state index in [1.807, 2.05) is 0 Å². The van der Waals surface area contributed by atoms with Gasteiger partial charge in [-0.1, -0.05) is 27.7 Å². The van der Waals surface area contributed by atoms with Crippen LogP contribution in [0, 0.1) is 11.8 Å². The number of carboxylic acid groups (broad SMARTS) is 2. The summed E-state index contributed by atoms with van der Waals surface area (Å²) in [7, 11) is 0. The molecule has 0 aliphatic rings. The first kappa shape index (κ1) is 18.9. The molecule has 0 atom stereocenters. The number of rotatable bonds is 2. The third-order valence-corrected chi connectivity index (χ3v) is 0.943. The predicted molar refractivity (Wildman–Crippen MR) is 58.4 cm³/mol. The summed E-state index contributed by atoms with van der Waals surface area (Å²) in [5, 5.41) is 13.9. The van der Waals surface area contributed by atoms with Crippen molar-refractivity contribution in [1.29, 1.82) is 0 Å². The number of carbonyl (C=O) groups is 1. The minimum atomic E-state index is -1.83. The third kappa shape index (κ3) is 114. The maximum absolute atomic E-state index is 8.56. The van der Waals surface area contributed by atoms with E-state index in [-0.39, 0.29) is 0 Å². The van der Waals surface area contributed by atoms with Gasteiger partial charge in [-0.2, -0.15) is 0 Å². The summed E-state index contributed by atoms with van der Waals surface area (Å²) in [4.78, 5) is 8.56. The van der Waals surface area contributed by atoms with Crippen LogP contribution < -0.4 is 11.5 Å². The summed E-state index contributed by atoms with van der Waals surface area (Å²) in [6.07, 6.45) is -1.83. The second-order valence-electron chi connectivity index (χ2n) is 3.54. The monoisotopic (exact) mass is 208 g/mol. The van der Waals surface area contributed by atoms with Crippen molar-refractivity contribution in [1.82, 2.24) is 0 Å². The quantitative estimate of drug-likeness (QED) is 0.548. The Morgan fingerprint density at radius 1 is 1.00 bits per heavy atom. The van der Waals surface area contributed by atoms with E-state index in [0.29, 0.717) is 11.8 Å². The van der Waals surface area contributed by atoms with Gasteiger partial charge in [0.1, 0.15) is 0 Å². The maximum atomic E-state index is 8.56. The smallest absolute Gasteiger partial charge is 0.450 e. The van der Waals surface area contributed by atoms with Gasteiger partial charge in [0.2, 0.25) is 0 Å². The highest BCUT2D eigenvalue weighted by molar-refractivity contribution is 5.53. The molecule has 0 saturated carbocycles. The maximum Gasteiger partial charge on any atom is 0.503 e. The fraction of sp³-hybridized carbons (Fsp3) is 0.889. The molecule has 0 saturated heterocycles. The Hall–Kier alpha value is -0.810. The first-order valence-corrected chi connectivity index (χ1v) is 4.59. The topological polar surface area (TPSA) is 110 Å². The summed E-state index contributed by atoms with van der Waals surface area (Å²) in [5.41, 5.74) is 10.3. The van der Waals surface area contributed by atoms with Crippen molar-refractivity contribution in [3.63, 3.8) is 0 Å². The molecule has 88 valence electrons. The average molecular weight is 208 g/mol. The van der Waals surface area contributed by atoms with Crippen molar-refractivity contribution in [2.45, 2.75) is 27.7 Å². The van der Waals surface area contributed by atoms with E-state index in [9.17, 15) is 0 Å². The second-order valence-corrected chi connectivity index (χ2v) is 3.54. The molecule has 0 fully saturated rings. The van der Waals surface area contributed by atoms with Crippen LogP contribution in [0.25, 0.3) is 0 Å². The van der Waals surface area contributed by atoms with Crippen LogP contribution in [0.5, 0.6) is 0 Å². The van der Waals surface area contributed by atoms with Crippen LogP contribution in [0.3, 0.4) is 0 Å². The summed E-state index contributed by atoms with van der Waals surface area (Å²) in [5.74, 6) is 1.32. The van der Waals surface area contributed by atoms with Crippen LogP contribution in [0.2, 0.25) is 0 Å². The van der Waals surface area contributed by atoms with Gasteiger partial charge in [-0.3, -0.25) is 0 Å². The number of nitrogens with two attached hydrogens (primary N) is 2. The molecule has 5 nitrogen and oxygen atoms in total. The highest BCUT2D eigenvalue weighted by Gasteiger charge is 1.80. The van der Waals surface area contributed by atoms with Gasteiger partial charge in [0, 0.05) is 0 Å². The summed E-state index contributed by atoms with van der Waals surface area (Å²) in [6, 6.07) is 0. The zero-order chi connectivity index (χ0) is 12.1. The molecule has 0 aromatic heterocycles. The lowest BCUT2D eigenvalue weighted by molar-refractivity contribution is 0.137. The Balaban J connectivity index is -0.000000131. The first-order chi connectivity index (χ1) is 6.27. The van der Waals surface area contributed by atoms with E-state index in [2.05, 4.69) is 27.7 Å². The zero-order valence-corrected chi connectivity index (χ0v) is 9.53. The minimum Gasteiger partial charge on any atom is -0.450 e. The molecule has 0 unspecified atom stereocenters. The largest absolute Gasteiger partial charge is 0.503 e. The van der Waals surface area contributed by atoms with Crippen molar-refractivity contribution in [2.24, 2.45) is 23.3 Å². The highest BCUT2D eigenvalue weighted by Crippen LogP contribution is 1.81. The van der Waals surface area contributed by atoms with Gasteiger partial charge in [-0.05, 0) is 24.9 Å². The Labute approximate surface area is 86.1 Å². The van der Waals surface area contributed by atoms with Crippen LogP contribution in [-0.4, -0.2) is 29.5 Å². The van der Waals surface area contributed by atoms with E-state index in [1.54, 1.807) is 0 Å². The minimum absolute atomic E-state index is 0.662. The molecule has 0 heterocycles. The molecule has 14 heavy (non-hydrogen) atoms. The van der Waals surface area contributed by atoms with E-state index < -0.39 is 6.16 Å². The Morgan fingerprint density at radius 2 is 1.07 bits per heavy atom. The van der Waals surface area contributed by atoms with Crippen LogP contribution in [0.15, 0.2) is 0 Å². The fourth-order valence-electron chi connectivity index (χ4n) is 0. The highest BCUT2D eigenvalue weighted by atomic mass is 16.6. The van der Waals surface area contributed by atoms with Crippen LogP contribution >= 0.6 is 0 Å². The lowest BCUT2D eigenvalue weighted by atomic mass is 10.2. The normalized spacial score (nSPS) is 8.57. The Bertz CT molecular complexity index is 105. The van der Waals surface area contributed by atoms with Gasteiger partial charge in [-0.25, -0.2) is 4.79 Å². The van der Waals surface area contributed by atoms with Gasteiger partial charge >= 0.3 is 6.16 Å². The fourth-order valence-corrected chi connectivity index (χ4v) is 0. The van der Waals surface area contributed by atoms with Crippen LogP contribution in [0.1, 0.15) is 27.7 Å².